The van der Waals surface area contributed by atoms with Crippen LogP contribution >= 0.6 is 0 Å². The van der Waals surface area contributed by atoms with Crippen molar-refractivity contribution in [2.24, 2.45) is 0 Å². The highest BCUT2D eigenvalue weighted by atomic mass is 32.2. The van der Waals surface area contributed by atoms with Crippen LogP contribution in [0.2, 0.25) is 0 Å². The number of hydrogen-bond donors (Lipinski definition) is 0. The fourth-order valence-corrected chi connectivity index (χ4v) is 3.81. The number of carbonyl (C=O) groups is 1. The maximum atomic E-state index is 12.4. The molecule has 1 aliphatic rings. The molecule has 0 aromatic heterocycles. The molecule has 1 aliphatic heterocycles. The highest BCUT2D eigenvalue weighted by molar-refractivity contribution is 7.89. The van der Waals surface area contributed by atoms with E-state index in [1.807, 2.05) is 30.3 Å². The minimum Gasteiger partial charge on any atom is -0.268 e. The van der Waals surface area contributed by atoms with Crippen LogP contribution in [0.3, 0.4) is 0 Å². The number of sulfonamides is 1. The Labute approximate surface area is 117 Å². The summed E-state index contributed by atoms with van der Waals surface area (Å²) < 4.78 is 25.5. The molecule has 2 aromatic rings. The van der Waals surface area contributed by atoms with Crippen molar-refractivity contribution in [3.8, 4) is 0 Å². The predicted molar refractivity (Wildman–Crippen MR) is 75.4 cm³/mol. The van der Waals surface area contributed by atoms with Crippen LogP contribution in [-0.2, 0) is 22.3 Å². The maximum absolute atomic E-state index is 12.4. The van der Waals surface area contributed by atoms with E-state index in [2.05, 4.69) is 0 Å². The lowest BCUT2D eigenvalue weighted by molar-refractivity contribution is 0.0849. The summed E-state index contributed by atoms with van der Waals surface area (Å²) in [7, 11) is -3.60. The van der Waals surface area contributed by atoms with E-state index < -0.39 is 15.9 Å². The number of benzene rings is 2. The van der Waals surface area contributed by atoms with Gasteiger partial charge in [0.1, 0.15) is 0 Å². The lowest BCUT2D eigenvalue weighted by atomic mass is 10.1. The van der Waals surface area contributed by atoms with Crippen molar-refractivity contribution in [2.45, 2.75) is 12.3 Å². The number of nitrogens with zero attached hydrogens (tertiary/aromatic N) is 1. The molecule has 5 heteroatoms. The van der Waals surface area contributed by atoms with Gasteiger partial charge in [-0.15, -0.1) is 0 Å². The van der Waals surface area contributed by atoms with E-state index in [1.54, 1.807) is 24.3 Å². The molecular formula is C15H13NO3S. The van der Waals surface area contributed by atoms with Crippen LogP contribution in [-0.4, -0.2) is 18.6 Å². The average molecular weight is 287 g/mol. The lowest BCUT2D eigenvalue weighted by Gasteiger charge is -2.28. The van der Waals surface area contributed by atoms with E-state index >= 15 is 0 Å². The van der Waals surface area contributed by atoms with Gasteiger partial charge in [-0.25, -0.2) is 12.7 Å². The summed E-state index contributed by atoms with van der Waals surface area (Å²) >= 11 is 0. The van der Waals surface area contributed by atoms with Crippen LogP contribution in [0.25, 0.3) is 0 Å². The van der Waals surface area contributed by atoms with Crippen LogP contribution in [0.5, 0.6) is 0 Å². The Morgan fingerprint density at radius 1 is 0.950 bits per heavy atom. The number of amides is 1. The van der Waals surface area contributed by atoms with Crippen LogP contribution in [0.15, 0.2) is 54.6 Å². The molecule has 1 heterocycles. The Hall–Kier alpha value is -2.14. The number of rotatable bonds is 2. The van der Waals surface area contributed by atoms with E-state index in [9.17, 15) is 13.2 Å². The molecule has 0 bridgehead atoms. The summed E-state index contributed by atoms with van der Waals surface area (Å²) in [5.41, 5.74) is 1.84. The van der Waals surface area contributed by atoms with Gasteiger partial charge in [0.15, 0.2) is 0 Å². The fraction of sp³-hybridized carbons (Fsp3) is 0.133. The molecule has 102 valence electrons. The molecule has 20 heavy (non-hydrogen) atoms. The van der Waals surface area contributed by atoms with Gasteiger partial charge in [0.05, 0.1) is 12.3 Å². The molecule has 2 aromatic carbocycles. The summed E-state index contributed by atoms with van der Waals surface area (Å²) in [5.74, 6) is -0.572. The van der Waals surface area contributed by atoms with Gasteiger partial charge in [-0.2, -0.15) is 0 Å². The van der Waals surface area contributed by atoms with E-state index in [4.69, 9.17) is 0 Å². The van der Waals surface area contributed by atoms with Crippen molar-refractivity contribution in [3.05, 3.63) is 71.3 Å². The van der Waals surface area contributed by atoms with Gasteiger partial charge in [0.25, 0.3) is 5.91 Å². The first-order chi connectivity index (χ1) is 9.58. The lowest BCUT2D eigenvalue weighted by Crippen LogP contribution is -2.41. The fourth-order valence-electron chi connectivity index (χ4n) is 2.31. The first kappa shape index (κ1) is 12.9. The summed E-state index contributed by atoms with van der Waals surface area (Å²) in [4.78, 5) is 12.4. The quantitative estimate of drug-likeness (QED) is 0.850. The predicted octanol–water partition coefficient (Wildman–Crippen LogP) is 2.17. The molecule has 0 radical (unpaired) electrons. The van der Waals surface area contributed by atoms with Gasteiger partial charge >= 0.3 is 0 Å². The summed E-state index contributed by atoms with van der Waals surface area (Å²) in [6.45, 7) is 0.0797. The maximum Gasteiger partial charge on any atom is 0.267 e. The molecule has 0 aliphatic carbocycles. The summed E-state index contributed by atoms with van der Waals surface area (Å²) in [5, 5.41) is 0. The Bertz CT molecular complexity index is 754. The van der Waals surface area contributed by atoms with E-state index in [0.717, 1.165) is 9.87 Å². The van der Waals surface area contributed by atoms with E-state index in [0.29, 0.717) is 11.1 Å². The van der Waals surface area contributed by atoms with Crippen molar-refractivity contribution in [3.63, 3.8) is 0 Å². The van der Waals surface area contributed by atoms with Crippen molar-refractivity contribution in [2.75, 3.05) is 0 Å². The Balaban J connectivity index is 2.01. The van der Waals surface area contributed by atoms with Crippen molar-refractivity contribution in [1.82, 2.24) is 4.31 Å². The number of hydrogen-bond acceptors (Lipinski definition) is 3. The van der Waals surface area contributed by atoms with Gasteiger partial charge < -0.3 is 0 Å². The third kappa shape index (κ3) is 2.20. The van der Waals surface area contributed by atoms with Gasteiger partial charge in [0, 0.05) is 5.56 Å². The molecule has 0 saturated carbocycles. The molecule has 0 unspecified atom stereocenters. The first-order valence-electron chi connectivity index (χ1n) is 6.24. The van der Waals surface area contributed by atoms with Gasteiger partial charge in [0.2, 0.25) is 10.0 Å². The van der Waals surface area contributed by atoms with Crippen LogP contribution in [0, 0.1) is 0 Å². The second kappa shape index (κ2) is 4.76. The van der Waals surface area contributed by atoms with Gasteiger partial charge in [-0.1, -0.05) is 48.5 Å². The van der Waals surface area contributed by atoms with Crippen molar-refractivity contribution < 1.29 is 13.2 Å². The topological polar surface area (TPSA) is 54.5 Å². The molecule has 0 saturated heterocycles. The zero-order chi connectivity index (χ0) is 14.2. The van der Waals surface area contributed by atoms with Gasteiger partial charge in [-0.05, 0) is 17.2 Å². The van der Waals surface area contributed by atoms with Crippen molar-refractivity contribution >= 4 is 15.9 Å². The second-order valence-corrected chi connectivity index (χ2v) is 6.60. The molecule has 1 amide bonds. The minimum absolute atomic E-state index is 0.0797. The third-order valence-electron chi connectivity index (χ3n) is 3.32. The molecule has 0 fully saturated rings. The van der Waals surface area contributed by atoms with E-state index in [1.165, 1.54) is 0 Å². The Kier molecular flexibility index (Phi) is 3.06. The molecule has 3 rings (SSSR count). The number of fused-ring (bicyclic) bond motifs is 1. The molecule has 0 spiro atoms. The van der Waals surface area contributed by atoms with E-state index in [-0.39, 0.29) is 12.3 Å². The normalized spacial score (nSPS) is 16.8. The Morgan fingerprint density at radius 2 is 1.60 bits per heavy atom. The molecule has 0 atom stereocenters. The zero-order valence-electron chi connectivity index (χ0n) is 10.7. The third-order valence-corrected chi connectivity index (χ3v) is 4.96. The average Bonchev–Trinajstić information content (AvgIpc) is 2.44. The summed E-state index contributed by atoms with van der Waals surface area (Å²) in [6, 6.07) is 16.0. The molecule has 0 N–H and O–H groups in total. The SMILES string of the molecule is O=C1c2ccccc2CS(=O)(=O)N1Cc1ccccc1. The monoisotopic (exact) mass is 287 g/mol. The molecule has 4 nitrogen and oxygen atoms in total. The van der Waals surface area contributed by atoms with Crippen molar-refractivity contribution in [1.29, 1.82) is 0 Å². The zero-order valence-corrected chi connectivity index (χ0v) is 11.5. The highest BCUT2D eigenvalue weighted by Crippen LogP contribution is 2.26. The standard InChI is InChI=1S/C15H13NO3S/c17-15-14-9-5-4-8-13(14)11-20(18,19)16(15)10-12-6-2-1-3-7-12/h1-9H,10-11H2. The first-order valence-corrected chi connectivity index (χ1v) is 7.85. The van der Waals surface area contributed by atoms with Crippen LogP contribution < -0.4 is 0 Å². The number of carbonyl (C=O) groups excluding carboxylic acids is 1. The Morgan fingerprint density at radius 3 is 2.35 bits per heavy atom. The largest absolute Gasteiger partial charge is 0.268 e. The summed E-state index contributed by atoms with van der Waals surface area (Å²) in [6.07, 6.45) is 0. The second-order valence-electron chi connectivity index (χ2n) is 4.71. The smallest absolute Gasteiger partial charge is 0.267 e. The highest BCUT2D eigenvalue weighted by Gasteiger charge is 2.35. The molecular weight excluding hydrogens is 274 g/mol. The minimum atomic E-state index is -3.60. The van der Waals surface area contributed by atoms with Gasteiger partial charge in [-0.3, -0.25) is 4.79 Å². The van der Waals surface area contributed by atoms with Crippen LogP contribution in [0.4, 0.5) is 0 Å². The van der Waals surface area contributed by atoms with Crippen LogP contribution in [0.1, 0.15) is 21.5 Å².